The fourth-order valence-electron chi connectivity index (χ4n) is 1.47. The van der Waals surface area contributed by atoms with Crippen LogP contribution in [0.2, 0.25) is 0 Å². The van der Waals surface area contributed by atoms with Crippen LogP contribution in [0.3, 0.4) is 0 Å². The summed E-state index contributed by atoms with van der Waals surface area (Å²) in [6.45, 7) is 0.224. The lowest BCUT2D eigenvalue weighted by atomic mass is 10.1. The number of benzene rings is 1. The highest BCUT2D eigenvalue weighted by Crippen LogP contribution is 2.29. The second-order valence-electron chi connectivity index (χ2n) is 3.56. The van der Waals surface area contributed by atoms with Crippen LogP contribution in [-0.4, -0.2) is 21.6 Å². The van der Waals surface area contributed by atoms with E-state index in [0.29, 0.717) is 0 Å². The number of nitro benzene ring substituents is 1. The third-order valence-corrected chi connectivity index (χ3v) is 2.32. The summed E-state index contributed by atoms with van der Waals surface area (Å²) in [5.74, 6) is -2.64. The van der Waals surface area contributed by atoms with Crippen molar-refractivity contribution in [1.29, 1.82) is 0 Å². The first-order chi connectivity index (χ1) is 9.04. The Morgan fingerprint density at radius 2 is 2.16 bits per heavy atom. The zero-order valence-electron chi connectivity index (χ0n) is 9.47. The zero-order valence-corrected chi connectivity index (χ0v) is 9.47. The van der Waals surface area contributed by atoms with E-state index in [4.69, 9.17) is 10.3 Å². The summed E-state index contributed by atoms with van der Waals surface area (Å²) in [5, 5.41) is 14.0. The molecule has 1 heterocycles. The molecular weight excluding hydrogens is 262 g/mol. The second kappa shape index (κ2) is 5.06. The summed E-state index contributed by atoms with van der Waals surface area (Å²) in [6, 6.07) is 1.50. The smallest absolute Gasteiger partial charge is 0.305 e. The Morgan fingerprint density at radius 3 is 2.79 bits per heavy atom. The highest BCUT2D eigenvalue weighted by molar-refractivity contribution is 5.61. The molecule has 19 heavy (non-hydrogen) atoms. The molecular formula is C10H8F2N4O3. The number of nitro groups is 1. The normalized spacial score (nSPS) is 10.7. The fourth-order valence-corrected chi connectivity index (χ4v) is 1.47. The molecule has 0 amide bonds. The van der Waals surface area contributed by atoms with Gasteiger partial charge in [0.2, 0.25) is 17.5 Å². The molecule has 2 rings (SSSR count). The summed E-state index contributed by atoms with van der Waals surface area (Å²) in [7, 11) is 0. The van der Waals surface area contributed by atoms with Crippen molar-refractivity contribution in [2.45, 2.75) is 6.42 Å². The molecule has 0 fully saturated rings. The van der Waals surface area contributed by atoms with E-state index in [-0.39, 0.29) is 24.7 Å². The van der Waals surface area contributed by atoms with Crippen molar-refractivity contribution in [1.82, 2.24) is 10.1 Å². The van der Waals surface area contributed by atoms with E-state index in [0.717, 1.165) is 12.1 Å². The summed E-state index contributed by atoms with van der Waals surface area (Å²) in [4.78, 5) is 13.4. The van der Waals surface area contributed by atoms with E-state index in [1.54, 1.807) is 0 Å². The monoisotopic (exact) mass is 270 g/mol. The van der Waals surface area contributed by atoms with E-state index in [9.17, 15) is 18.9 Å². The zero-order chi connectivity index (χ0) is 14.0. The van der Waals surface area contributed by atoms with Crippen LogP contribution in [-0.2, 0) is 6.42 Å². The van der Waals surface area contributed by atoms with Crippen LogP contribution in [0.5, 0.6) is 0 Å². The Hall–Kier alpha value is -2.42. The van der Waals surface area contributed by atoms with E-state index >= 15 is 0 Å². The summed E-state index contributed by atoms with van der Waals surface area (Å²) < 4.78 is 32.1. The Labute approximate surface area is 105 Å². The van der Waals surface area contributed by atoms with Gasteiger partial charge in [0.25, 0.3) is 0 Å². The molecule has 7 nitrogen and oxygen atoms in total. The van der Waals surface area contributed by atoms with Crippen LogP contribution in [0.1, 0.15) is 5.89 Å². The predicted molar refractivity (Wildman–Crippen MR) is 59.1 cm³/mol. The minimum atomic E-state index is -1.34. The molecule has 0 saturated carbocycles. The third-order valence-electron chi connectivity index (χ3n) is 2.32. The number of hydrogen-bond donors (Lipinski definition) is 1. The molecule has 0 aliphatic rings. The minimum Gasteiger partial charge on any atom is -0.339 e. The lowest BCUT2D eigenvalue weighted by Gasteiger charge is -2.00. The SMILES string of the molecule is NCCc1nc(-c2c(F)ccc([N+](=O)[O-])c2F)no1. The molecule has 2 N–H and O–H groups in total. The molecule has 0 bridgehead atoms. The summed E-state index contributed by atoms with van der Waals surface area (Å²) in [5.41, 5.74) is 3.71. The van der Waals surface area contributed by atoms with Gasteiger partial charge in [-0.15, -0.1) is 0 Å². The van der Waals surface area contributed by atoms with Gasteiger partial charge < -0.3 is 10.3 Å². The van der Waals surface area contributed by atoms with Crippen molar-refractivity contribution >= 4 is 5.69 Å². The number of hydrogen-bond acceptors (Lipinski definition) is 6. The molecule has 9 heteroatoms. The maximum Gasteiger partial charge on any atom is 0.305 e. The molecule has 0 saturated heterocycles. The first-order valence-electron chi connectivity index (χ1n) is 5.20. The van der Waals surface area contributed by atoms with Crippen LogP contribution in [0.25, 0.3) is 11.4 Å². The predicted octanol–water partition coefficient (Wildman–Crippen LogP) is 1.42. The van der Waals surface area contributed by atoms with Gasteiger partial charge in [-0.2, -0.15) is 9.37 Å². The van der Waals surface area contributed by atoms with Crippen LogP contribution in [0.4, 0.5) is 14.5 Å². The molecule has 100 valence electrons. The average Bonchev–Trinajstić information content (AvgIpc) is 2.77. The molecule has 1 aromatic carbocycles. The second-order valence-corrected chi connectivity index (χ2v) is 3.56. The average molecular weight is 270 g/mol. The standard InChI is InChI=1S/C10H8F2N4O3/c11-5-1-2-6(16(17)18)9(12)8(5)10-14-7(3-4-13)19-15-10/h1-2H,3-4,13H2. The highest BCUT2D eigenvalue weighted by Gasteiger charge is 2.25. The molecule has 0 unspecified atom stereocenters. The fraction of sp³-hybridized carbons (Fsp3) is 0.200. The lowest BCUT2D eigenvalue weighted by Crippen LogP contribution is -2.03. The van der Waals surface area contributed by atoms with Crippen molar-refractivity contribution in [3.63, 3.8) is 0 Å². The van der Waals surface area contributed by atoms with Gasteiger partial charge in [0.05, 0.1) is 4.92 Å². The molecule has 0 radical (unpaired) electrons. The third kappa shape index (κ3) is 2.40. The van der Waals surface area contributed by atoms with Crippen molar-refractivity contribution in [3.8, 4) is 11.4 Å². The van der Waals surface area contributed by atoms with Gasteiger partial charge >= 0.3 is 5.69 Å². The van der Waals surface area contributed by atoms with Gasteiger partial charge in [0.15, 0.2) is 0 Å². The number of nitrogens with zero attached hydrogens (tertiary/aromatic N) is 3. The first kappa shape index (κ1) is 13.0. The van der Waals surface area contributed by atoms with Gasteiger partial charge in [0, 0.05) is 19.0 Å². The lowest BCUT2D eigenvalue weighted by molar-refractivity contribution is -0.387. The van der Waals surface area contributed by atoms with Crippen LogP contribution >= 0.6 is 0 Å². The van der Waals surface area contributed by atoms with Gasteiger partial charge in [-0.25, -0.2) is 4.39 Å². The number of nitrogens with two attached hydrogens (primary N) is 1. The molecule has 0 spiro atoms. The van der Waals surface area contributed by atoms with E-state index in [1.165, 1.54) is 0 Å². The Balaban J connectivity index is 2.53. The molecule has 0 aliphatic carbocycles. The van der Waals surface area contributed by atoms with Gasteiger partial charge in [-0.3, -0.25) is 10.1 Å². The minimum absolute atomic E-state index is 0.0998. The van der Waals surface area contributed by atoms with Crippen LogP contribution in [0.15, 0.2) is 16.7 Å². The summed E-state index contributed by atoms with van der Waals surface area (Å²) in [6.07, 6.45) is 0.241. The number of halogens is 2. The van der Waals surface area contributed by atoms with Gasteiger partial charge in [-0.1, -0.05) is 5.16 Å². The van der Waals surface area contributed by atoms with Crippen LogP contribution < -0.4 is 5.73 Å². The molecule has 2 aromatic rings. The van der Waals surface area contributed by atoms with E-state index in [1.807, 2.05) is 0 Å². The van der Waals surface area contributed by atoms with Crippen LogP contribution in [0, 0.1) is 21.7 Å². The number of aromatic nitrogens is 2. The van der Waals surface area contributed by atoms with Crippen molar-refractivity contribution in [3.05, 3.63) is 39.8 Å². The van der Waals surface area contributed by atoms with Crippen molar-refractivity contribution < 1.29 is 18.2 Å². The van der Waals surface area contributed by atoms with E-state index < -0.39 is 27.8 Å². The maximum atomic E-state index is 13.8. The largest absolute Gasteiger partial charge is 0.339 e. The number of rotatable bonds is 4. The quantitative estimate of drug-likeness (QED) is 0.664. The van der Waals surface area contributed by atoms with Crippen molar-refractivity contribution in [2.75, 3.05) is 6.54 Å². The highest BCUT2D eigenvalue weighted by atomic mass is 19.1. The molecule has 0 aliphatic heterocycles. The van der Waals surface area contributed by atoms with Crippen molar-refractivity contribution in [2.24, 2.45) is 5.73 Å². The van der Waals surface area contributed by atoms with Gasteiger partial charge in [0.1, 0.15) is 11.4 Å². The van der Waals surface area contributed by atoms with Gasteiger partial charge in [-0.05, 0) is 6.07 Å². The first-order valence-corrected chi connectivity index (χ1v) is 5.20. The Morgan fingerprint density at radius 1 is 1.42 bits per heavy atom. The van der Waals surface area contributed by atoms with E-state index in [2.05, 4.69) is 10.1 Å². The molecule has 0 atom stereocenters. The maximum absolute atomic E-state index is 13.8. The Bertz CT molecular complexity index is 629. The molecule has 1 aromatic heterocycles. The Kier molecular flexibility index (Phi) is 3.47. The summed E-state index contributed by atoms with van der Waals surface area (Å²) >= 11 is 0. The topological polar surface area (TPSA) is 108 Å².